The van der Waals surface area contributed by atoms with Crippen LogP contribution in [0.25, 0.3) is 0 Å². The second-order valence-corrected chi connectivity index (χ2v) is 5.89. The first kappa shape index (κ1) is 16.9. The third-order valence-electron chi connectivity index (χ3n) is 4.20. The molecule has 1 amide bonds. The number of benzene rings is 1. The number of hydrogen-bond donors (Lipinski definition) is 1. The maximum atomic E-state index is 12.5. The minimum Gasteiger partial charge on any atom is -0.465 e. The maximum absolute atomic E-state index is 12.5. The van der Waals surface area contributed by atoms with Crippen molar-refractivity contribution in [3.63, 3.8) is 0 Å². The number of methoxy groups -OCH3 is 1. The highest BCUT2D eigenvalue weighted by Crippen LogP contribution is 2.21. The van der Waals surface area contributed by atoms with Crippen LogP contribution in [0.2, 0.25) is 0 Å². The fourth-order valence-electron chi connectivity index (χ4n) is 2.88. The molecule has 1 atom stereocenters. The van der Waals surface area contributed by atoms with Gasteiger partial charge in [0.25, 0.3) is 0 Å². The van der Waals surface area contributed by atoms with Gasteiger partial charge in [-0.25, -0.2) is 14.8 Å². The molecule has 0 aliphatic carbocycles. The lowest BCUT2D eigenvalue weighted by Gasteiger charge is -2.31. The Morgan fingerprint density at radius 3 is 2.60 bits per heavy atom. The average Bonchev–Trinajstić information content (AvgIpc) is 2.68. The van der Waals surface area contributed by atoms with Gasteiger partial charge >= 0.3 is 5.97 Å². The Morgan fingerprint density at radius 2 is 1.92 bits per heavy atom. The standard InChI is InChI=1S/C18H20N4O3/c1-25-17(24)13-5-7-15(8-6-13)21-16(23)14-4-2-11-22(12-14)18-19-9-3-10-20-18/h3,5-10,14H,2,4,11-12H2,1H3,(H,21,23)/t14-/m0/s1. The summed E-state index contributed by atoms with van der Waals surface area (Å²) in [5, 5.41) is 2.91. The van der Waals surface area contributed by atoms with Crippen molar-refractivity contribution in [1.29, 1.82) is 0 Å². The van der Waals surface area contributed by atoms with Gasteiger partial charge in [0.05, 0.1) is 18.6 Å². The molecule has 7 heteroatoms. The van der Waals surface area contributed by atoms with E-state index >= 15 is 0 Å². The zero-order valence-electron chi connectivity index (χ0n) is 14.0. The van der Waals surface area contributed by atoms with Crippen molar-refractivity contribution in [3.05, 3.63) is 48.3 Å². The van der Waals surface area contributed by atoms with Gasteiger partial charge in [0.1, 0.15) is 0 Å². The summed E-state index contributed by atoms with van der Waals surface area (Å²) in [6, 6.07) is 8.44. The summed E-state index contributed by atoms with van der Waals surface area (Å²) in [6.45, 7) is 1.44. The number of carbonyl (C=O) groups is 2. The van der Waals surface area contributed by atoms with E-state index in [1.807, 2.05) is 4.90 Å². The van der Waals surface area contributed by atoms with Gasteiger partial charge in [-0.15, -0.1) is 0 Å². The van der Waals surface area contributed by atoms with E-state index in [1.165, 1.54) is 7.11 Å². The van der Waals surface area contributed by atoms with Crippen LogP contribution in [0.15, 0.2) is 42.7 Å². The van der Waals surface area contributed by atoms with Crippen molar-refractivity contribution < 1.29 is 14.3 Å². The molecule has 1 aromatic carbocycles. The van der Waals surface area contributed by atoms with E-state index in [9.17, 15) is 9.59 Å². The first-order chi connectivity index (χ1) is 12.2. The normalized spacial score (nSPS) is 17.0. The van der Waals surface area contributed by atoms with Crippen molar-refractivity contribution in [1.82, 2.24) is 9.97 Å². The summed E-state index contributed by atoms with van der Waals surface area (Å²) in [6.07, 6.45) is 5.15. The molecular formula is C18H20N4O3. The van der Waals surface area contributed by atoms with Crippen LogP contribution in [-0.4, -0.2) is 42.0 Å². The van der Waals surface area contributed by atoms with Crippen LogP contribution in [0.4, 0.5) is 11.6 Å². The van der Waals surface area contributed by atoms with Crippen molar-refractivity contribution >= 4 is 23.5 Å². The number of carbonyl (C=O) groups excluding carboxylic acids is 2. The van der Waals surface area contributed by atoms with Gasteiger partial charge in [-0.3, -0.25) is 4.79 Å². The first-order valence-electron chi connectivity index (χ1n) is 8.18. The smallest absolute Gasteiger partial charge is 0.337 e. The summed E-state index contributed by atoms with van der Waals surface area (Å²) in [4.78, 5) is 34.5. The molecule has 1 aromatic heterocycles. The largest absolute Gasteiger partial charge is 0.465 e. The summed E-state index contributed by atoms with van der Waals surface area (Å²) in [5.41, 5.74) is 1.11. The molecule has 2 heterocycles. The number of nitrogens with one attached hydrogen (secondary N) is 1. The Balaban J connectivity index is 1.62. The highest BCUT2D eigenvalue weighted by Gasteiger charge is 2.27. The van der Waals surface area contributed by atoms with Crippen LogP contribution in [0.3, 0.4) is 0 Å². The Hall–Kier alpha value is -2.96. The van der Waals surface area contributed by atoms with E-state index < -0.39 is 5.97 Å². The predicted octanol–water partition coefficient (Wildman–Crippen LogP) is 2.12. The summed E-state index contributed by atoms with van der Waals surface area (Å²) >= 11 is 0. The summed E-state index contributed by atoms with van der Waals surface area (Å²) in [5.74, 6) is 0.0929. The molecule has 0 saturated carbocycles. The Labute approximate surface area is 146 Å². The summed E-state index contributed by atoms with van der Waals surface area (Å²) in [7, 11) is 1.34. The number of rotatable bonds is 4. The minimum absolute atomic E-state index is 0.0357. The van der Waals surface area contributed by atoms with E-state index in [-0.39, 0.29) is 11.8 Å². The SMILES string of the molecule is COC(=O)c1ccc(NC(=O)[C@H]2CCCN(c3ncccn3)C2)cc1. The number of anilines is 2. The van der Waals surface area contributed by atoms with E-state index in [2.05, 4.69) is 20.0 Å². The predicted molar refractivity (Wildman–Crippen MR) is 93.4 cm³/mol. The molecule has 1 saturated heterocycles. The van der Waals surface area contributed by atoms with E-state index in [4.69, 9.17) is 0 Å². The van der Waals surface area contributed by atoms with Gasteiger partial charge < -0.3 is 15.0 Å². The molecule has 0 bridgehead atoms. The number of hydrogen-bond acceptors (Lipinski definition) is 6. The lowest BCUT2D eigenvalue weighted by Crippen LogP contribution is -2.41. The molecule has 1 N–H and O–H groups in total. The van der Waals surface area contributed by atoms with Crippen LogP contribution in [-0.2, 0) is 9.53 Å². The van der Waals surface area contributed by atoms with Crippen LogP contribution >= 0.6 is 0 Å². The fourth-order valence-corrected chi connectivity index (χ4v) is 2.88. The van der Waals surface area contributed by atoms with Gasteiger partial charge in [-0.1, -0.05) is 0 Å². The number of aromatic nitrogens is 2. The molecule has 2 aromatic rings. The Kier molecular flexibility index (Phi) is 5.23. The third-order valence-corrected chi connectivity index (χ3v) is 4.20. The van der Waals surface area contributed by atoms with Crippen molar-refractivity contribution in [2.24, 2.45) is 5.92 Å². The molecule has 7 nitrogen and oxygen atoms in total. The molecule has 1 aliphatic rings. The van der Waals surface area contributed by atoms with Crippen LogP contribution in [0.1, 0.15) is 23.2 Å². The maximum Gasteiger partial charge on any atom is 0.337 e. The lowest BCUT2D eigenvalue weighted by molar-refractivity contribution is -0.120. The van der Waals surface area contributed by atoms with Crippen LogP contribution < -0.4 is 10.2 Å². The topological polar surface area (TPSA) is 84.4 Å². The van der Waals surface area contributed by atoms with Gasteiger partial charge in [0.2, 0.25) is 11.9 Å². The van der Waals surface area contributed by atoms with E-state index in [0.717, 1.165) is 19.4 Å². The van der Waals surface area contributed by atoms with Gasteiger partial charge in [0, 0.05) is 31.2 Å². The van der Waals surface area contributed by atoms with Gasteiger partial charge in [0.15, 0.2) is 0 Å². The molecule has 1 fully saturated rings. The summed E-state index contributed by atoms with van der Waals surface area (Å²) < 4.78 is 4.66. The minimum atomic E-state index is -0.399. The molecule has 1 aliphatic heterocycles. The number of amides is 1. The van der Waals surface area contributed by atoms with Crippen molar-refractivity contribution in [3.8, 4) is 0 Å². The molecule has 0 spiro atoms. The quantitative estimate of drug-likeness (QED) is 0.858. The third kappa shape index (κ3) is 4.12. The van der Waals surface area contributed by atoms with E-state index in [1.54, 1.807) is 42.7 Å². The highest BCUT2D eigenvalue weighted by molar-refractivity contribution is 5.94. The molecule has 3 rings (SSSR count). The van der Waals surface area contributed by atoms with E-state index in [0.29, 0.717) is 23.7 Å². The van der Waals surface area contributed by atoms with Crippen LogP contribution in [0.5, 0.6) is 0 Å². The number of ether oxygens (including phenoxy) is 1. The molecule has 130 valence electrons. The second kappa shape index (κ2) is 7.74. The number of piperidine rings is 1. The first-order valence-corrected chi connectivity index (χ1v) is 8.18. The number of nitrogens with zero attached hydrogens (tertiary/aromatic N) is 3. The Morgan fingerprint density at radius 1 is 1.20 bits per heavy atom. The Bertz CT molecular complexity index is 734. The van der Waals surface area contributed by atoms with Crippen molar-refractivity contribution in [2.45, 2.75) is 12.8 Å². The zero-order valence-corrected chi connectivity index (χ0v) is 14.0. The van der Waals surface area contributed by atoms with Gasteiger partial charge in [-0.2, -0.15) is 0 Å². The van der Waals surface area contributed by atoms with Gasteiger partial charge in [-0.05, 0) is 43.2 Å². The molecule has 0 radical (unpaired) electrons. The molecule has 25 heavy (non-hydrogen) atoms. The van der Waals surface area contributed by atoms with Crippen LogP contribution in [0, 0.1) is 5.92 Å². The van der Waals surface area contributed by atoms with Crippen molar-refractivity contribution in [2.75, 3.05) is 30.4 Å². The lowest BCUT2D eigenvalue weighted by atomic mass is 9.97. The average molecular weight is 340 g/mol. The second-order valence-electron chi connectivity index (χ2n) is 5.89. The zero-order chi connectivity index (χ0) is 17.6. The molecule has 0 unspecified atom stereocenters. The molecular weight excluding hydrogens is 320 g/mol. The fraction of sp³-hybridized carbons (Fsp3) is 0.333. The monoisotopic (exact) mass is 340 g/mol. The number of esters is 1. The highest BCUT2D eigenvalue weighted by atomic mass is 16.5.